The Morgan fingerprint density at radius 2 is 1.96 bits per heavy atom. The molecular formula is C17H25ClN4O3S. The van der Waals surface area contributed by atoms with Gasteiger partial charge in [-0.05, 0) is 39.6 Å². The average Bonchev–Trinajstić information content (AvgIpc) is 2.84. The topological polar surface area (TPSA) is 76.5 Å². The molecule has 2 aromatic rings. The second-order valence-corrected chi connectivity index (χ2v) is 8.38. The number of hydrogen-bond acceptors (Lipinski definition) is 5. The molecule has 0 saturated carbocycles. The molecule has 0 bridgehead atoms. The minimum Gasteiger partial charge on any atom is -0.362 e. The van der Waals surface area contributed by atoms with Crippen molar-refractivity contribution in [1.82, 2.24) is 19.4 Å². The van der Waals surface area contributed by atoms with Gasteiger partial charge in [0, 0.05) is 24.7 Å². The summed E-state index contributed by atoms with van der Waals surface area (Å²) in [6.45, 7) is 3.77. The smallest absolute Gasteiger partial charge is 0.244 e. The zero-order valence-corrected chi connectivity index (χ0v) is 17.2. The lowest BCUT2D eigenvalue weighted by Crippen LogP contribution is -2.35. The van der Waals surface area contributed by atoms with Gasteiger partial charge in [0.25, 0.3) is 0 Å². The predicted molar refractivity (Wildman–Crippen MR) is 102 cm³/mol. The molecule has 0 unspecified atom stereocenters. The summed E-state index contributed by atoms with van der Waals surface area (Å²) in [4.78, 5) is 2.11. The molecule has 0 fully saturated rings. The highest BCUT2D eigenvalue weighted by molar-refractivity contribution is 7.89. The molecule has 9 heteroatoms. The highest BCUT2D eigenvalue weighted by atomic mass is 35.5. The van der Waals surface area contributed by atoms with Crippen LogP contribution in [0.15, 0.2) is 29.2 Å². The van der Waals surface area contributed by atoms with Crippen LogP contribution in [0.1, 0.15) is 23.0 Å². The second-order valence-electron chi connectivity index (χ2n) is 6.27. The van der Waals surface area contributed by atoms with Crippen LogP contribution in [-0.4, -0.2) is 50.8 Å². The summed E-state index contributed by atoms with van der Waals surface area (Å²) in [7, 11) is 1.58. The Morgan fingerprint density at radius 1 is 1.31 bits per heavy atom. The Morgan fingerprint density at radius 3 is 2.54 bits per heavy atom. The number of sulfonamides is 1. The van der Waals surface area contributed by atoms with Gasteiger partial charge in [-0.25, -0.2) is 17.8 Å². The standard InChI is InChI=1S/C17H25ClN4O3S/c1-12-17(13(2)22(20-12)11-25-5)26(23,24)19-10-16(21(3)4)14-8-6-7-9-15(14)18/h6-9,16,19H,10-11H2,1-5H3/t16-/m0/s1. The lowest BCUT2D eigenvalue weighted by Gasteiger charge is -2.26. The van der Waals surface area contributed by atoms with Crippen LogP contribution < -0.4 is 4.72 Å². The largest absolute Gasteiger partial charge is 0.362 e. The number of nitrogens with one attached hydrogen (secondary N) is 1. The molecule has 0 aliphatic heterocycles. The molecule has 1 N–H and O–H groups in total. The zero-order valence-electron chi connectivity index (χ0n) is 15.7. The third-order valence-electron chi connectivity index (χ3n) is 4.19. The van der Waals surface area contributed by atoms with Crippen LogP contribution in [0.4, 0.5) is 0 Å². The van der Waals surface area contributed by atoms with Crippen molar-refractivity contribution in [2.45, 2.75) is 31.5 Å². The van der Waals surface area contributed by atoms with Gasteiger partial charge in [0.1, 0.15) is 11.6 Å². The van der Waals surface area contributed by atoms with E-state index in [4.69, 9.17) is 16.3 Å². The summed E-state index contributed by atoms with van der Waals surface area (Å²) in [5.41, 5.74) is 1.84. The van der Waals surface area contributed by atoms with Gasteiger partial charge < -0.3 is 9.64 Å². The van der Waals surface area contributed by atoms with E-state index in [9.17, 15) is 8.42 Å². The van der Waals surface area contributed by atoms with Crippen molar-refractivity contribution in [2.75, 3.05) is 27.7 Å². The molecule has 1 atom stereocenters. The Labute approximate surface area is 160 Å². The van der Waals surface area contributed by atoms with Gasteiger partial charge in [0.2, 0.25) is 10.0 Å². The second kappa shape index (κ2) is 8.49. The molecule has 26 heavy (non-hydrogen) atoms. The predicted octanol–water partition coefficient (Wildman–Crippen LogP) is 2.34. The van der Waals surface area contributed by atoms with E-state index in [-0.39, 0.29) is 24.2 Å². The van der Waals surface area contributed by atoms with E-state index in [0.29, 0.717) is 16.4 Å². The summed E-state index contributed by atoms with van der Waals surface area (Å²) in [5, 5.41) is 4.84. The molecule has 0 aliphatic rings. The number of aromatic nitrogens is 2. The quantitative estimate of drug-likeness (QED) is 0.736. The van der Waals surface area contributed by atoms with Crippen LogP contribution in [-0.2, 0) is 21.5 Å². The van der Waals surface area contributed by atoms with Gasteiger partial charge in [0.05, 0.1) is 11.4 Å². The van der Waals surface area contributed by atoms with E-state index >= 15 is 0 Å². The van der Waals surface area contributed by atoms with E-state index in [0.717, 1.165) is 5.56 Å². The molecule has 1 aromatic carbocycles. The van der Waals surface area contributed by atoms with E-state index < -0.39 is 10.0 Å². The Balaban J connectivity index is 2.28. The first kappa shape index (κ1) is 20.9. The maximum absolute atomic E-state index is 12.9. The number of halogens is 1. The van der Waals surface area contributed by atoms with Crippen LogP contribution in [0.2, 0.25) is 5.02 Å². The van der Waals surface area contributed by atoms with Crippen molar-refractivity contribution in [3.05, 3.63) is 46.2 Å². The van der Waals surface area contributed by atoms with Crippen molar-refractivity contribution in [3.8, 4) is 0 Å². The van der Waals surface area contributed by atoms with Gasteiger partial charge in [0.15, 0.2) is 0 Å². The first-order valence-corrected chi connectivity index (χ1v) is 9.98. The fourth-order valence-electron chi connectivity index (χ4n) is 2.89. The minimum absolute atomic E-state index is 0.186. The summed E-state index contributed by atoms with van der Waals surface area (Å²) in [5.74, 6) is 0. The number of hydrogen-bond donors (Lipinski definition) is 1. The molecule has 1 heterocycles. The maximum Gasteiger partial charge on any atom is 0.244 e. The minimum atomic E-state index is -3.73. The zero-order chi connectivity index (χ0) is 19.5. The SMILES string of the molecule is COCn1nc(C)c(S(=O)(=O)NC[C@@H](c2ccccc2Cl)N(C)C)c1C. The van der Waals surface area contributed by atoms with Crippen molar-refractivity contribution < 1.29 is 13.2 Å². The van der Waals surface area contributed by atoms with Crippen LogP contribution in [0, 0.1) is 13.8 Å². The summed E-state index contributed by atoms with van der Waals surface area (Å²) in [6, 6.07) is 7.22. The van der Waals surface area contributed by atoms with E-state index in [1.807, 2.05) is 37.2 Å². The average molecular weight is 401 g/mol. The normalized spacial score (nSPS) is 13.3. The number of nitrogens with zero attached hydrogens (tertiary/aromatic N) is 3. The third-order valence-corrected chi connectivity index (χ3v) is 6.21. The van der Waals surface area contributed by atoms with Gasteiger partial charge >= 0.3 is 0 Å². The van der Waals surface area contributed by atoms with Crippen molar-refractivity contribution in [3.63, 3.8) is 0 Å². The third kappa shape index (κ3) is 4.44. The molecular weight excluding hydrogens is 376 g/mol. The first-order valence-electron chi connectivity index (χ1n) is 8.12. The van der Waals surface area contributed by atoms with Crippen LogP contribution >= 0.6 is 11.6 Å². The highest BCUT2D eigenvalue weighted by Gasteiger charge is 2.26. The van der Waals surface area contributed by atoms with Crippen molar-refractivity contribution in [2.24, 2.45) is 0 Å². The molecule has 0 saturated heterocycles. The molecule has 2 rings (SSSR count). The number of rotatable bonds is 8. The Kier molecular flexibility index (Phi) is 6.81. The lowest BCUT2D eigenvalue weighted by molar-refractivity contribution is 0.118. The lowest BCUT2D eigenvalue weighted by atomic mass is 10.1. The summed E-state index contributed by atoms with van der Waals surface area (Å²) < 4.78 is 35.0. The number of ether oxygens (including phenoxy) is 1. The van der Waals surface area contributed by atoms with Gasteiger partial charge in [-0.2, -0.15) is 5.10 Å². The van der Waals surface area contributed by atoms with Gasteiger partial charge in [-0.3, -0.25) is 0 Å². The Bertz CT molecular complexity index is 865. The molecule has 0 spiro atoms. The number of likely N-dealkylation sites (N-methyl/N-ethyl adjacent to an activating group) is 1. The van der Waals surface area contributed by atoms with Gasteiger partial charge in [-0.15, -0.1) is 0 Å². The molecule has 1 aromatic heterocycles. The number of aryl methyl sites for hydroxylation is 1. The first-order chi connectivity index (χ1) is 12.2. The van der Waals surface area contributed by atoms with Crippen molar-refractivity contribution in [1.29, 1.82) is 0 Å². The fourth-order valence-corrected chi connectivity index (χ4v) is 4.60. The summed E-state index contributed by atoms with van der Waals surface area (Å²) >= 11 is 6.29. The van der Waals surface area contributed by atoms with Crippen LogP contribution in [0.3, 0.4) is 0 Å². The number of methoxy groups -OCH3 is 1. The van der Waals surface area contributed by atoms with E-state index in [2.05, 4.69) is 9.82 Å². The highest BCUT2D eigenvalue weighted by Crippen LogP contribution is 2.26. The van der Waals surface area contributed by atoms with E-state index in [1.165, 1.54) is 11.8 Å². The fraction of sp³-hybridized carbons (Fsp3) is 0.471. The maximum atomic E-state index is 12.9. The van der Waals surface area contributed by atoms with E-state index in [1.54, 1.807) is 19.9 Å². The summed E-state index contributed by atoms with van der Waals surface area (Å²) in [6.07, 6.45) is 0. The van der Waals surface area contributed by atoms with Crippen LogP contribution in [0.25, 0.3) is 0 Å². The molecule has 7 nitrogen and oxygen atoms in total. The molecule has 144 valence electrons. The van der Waals surface area contributed by atoms with Crippen LogP contribution in [0.5, 0.6) is 0 Å². The monoisotopic (exact) mass is 400 g/mol. The molecule has 0 radical (unpaired) electrons. The molecule has 0 aliphatic carbocycles. The molecule has 0 amide bonds. The Hall–Kier alpha value is -1.45. The van der Waals surface area contributed by atoms with Gasteiger partial charge in [-0.1, -0.05) is 29.8 Å². The van der Waals surface area contributed by atoms with Crippen molar-refractivity contribution >= 4 is 21.6 Å². The number of benzene rings is 1.